The molecule has 0 fully saturated rings. The van der Waals surface area contributed by atoms with Gasteiger partial charge in [-0.2, -0.15) is 0 Å². The van der Waals surface area contributed by atoms with E-state index in [0.29, 0.717) is 5.75 Å². The van der Waals surface area contributed by atoms with E-state index in [1.807, 2.05) is 0 Å². The lowest BCUT2D eigenvalue weighted by atomic mass is 10.0. The number of aliphatic hydroxyl groups is 1. The SMILES string of the molecule is CCCCCCCCCCCCCCCCC[S+]([O-])CCO. The molecule has 0 spiro atoms. The van der Waals surface area contributed by atoms with Crippen molar-refractivity contribution >= 4 is 11.2 Å². The van der Waals surface area contributed by atoms with E-state index in [2.05, 4.69) is 6.92 Å². The molecule has 0 saturated carbocycles. The number of hydrogen-bond donors (Lipinski definition) is 1. The van der Waals surface area contributed by atoms with E-state index < -0.39 is 11.2 Å². The summed E-state index contributed by atoms with van der Waals surface area (Å²) in [5.41, 5.74) is 0. The molecule has 0 radical (unpaired) electrons. The maximum Gasteiger partial charge on any atom is 0.128 e. The summed E-state index contributed by atoms with van der Waals surface area (Å²) in [5, 5.41) is 8.67. The van der Waals surface area contributed by atoms with Gasteiger partial charge in [0, 0.05) is 0 Å². The van der Waals surface area contributed by atoms with Gasteiger partial charge in [-0.15, -0.1) is 0 Å². The molecule has 0 aliphatic heterocycles. The van der Waals surface area contributed by atoms with E-state index in [9.17, 15) is 4.55 Å². The van der Waals surface area contributed by atoms with Crippen LogP contribution in [-0.2, 0) is 11.2 Å². The van der Waals surface area contributed by atoms with Crippen molar-refractivity contribution in [3.63, 3.8) is 0 Å². The lowest BCUT2D eigenvalue weighted by Crippen LogP contribution is -2.13. The average Bonchev–Trinajstić information content (AvgIpc) is 2.51. The second kappa shape index (κ2) is 19.3. The highest BCUT2D eigenvalue weighted by molar-refractivity contribution is 7.91. The third-order valence-electron chi connectivity index (χ3n) is 4.29. The van der Waals surface area contributed by atoms with E-state index in [4.69, 9.17) is 5.11 Å². The van der Waals surface area contributed by atoms with Crippen LogP contribution in [0, 0.1) is 0 Å². The molecule has 0 aliphatic rings. The van der Waals surface area contributed by atoms with Crippen LogP contribution in [0.1, 0.15) is 103 Å². The Morgan fingerprint density at radius 3 is 1.32 bits per heavy atom. The zero-order chi connectivity index (χ0) is 16.3. The Morgan fingerprint density at radius 1 is 0.591 bits per heavy atom. The first-order valence-electron chi connectivity index (χ1n) is 9.77. The van der Waals surface area contributed by atoms with Gasteiger partial charge >= 0.3 is 0 Å². The van der Waals surface area contributed by atoms with Crippen LogP contribution in [0.4, 0.5) is 0 Å². The van der Waals surface area contributed by atoms with Crippen molar-refractivity contribution in [3.8, 4) is 0 Å². The summed E-state index contributed by atoms with van der Waals surface area (Å²) in [7, 11) is 0. The maximum absolute atomic E-state index is 11.3. The zero-order valence-electron chi connectivity index (χ0n) is 15.0. The predicted molar refractivity (Wildman–Crippen MR) is 99.9 cm³/mol. The summed E-state index contributed by atoms with van der Waals surface area (Å²) >= 11 is -0.787. The van der Waals surface area contributed by atoms with Gasteiger partial charge in [-0.3, -0.25) is 0 Å². The van der Waals surface area contributed by atoms with Crippen LogP contribution in [0.5, 0.6) is 0 Å². The summed E-state index contributed by atoms with van der Waals surface area (Å²) in [5.74, 6) is 1.23. The molecule has 1 unspecified atom stereocenters. The van der Waals surface area contributed by atoms with Gasteiger partial charge in [-0.25, -0.2) is 0 Å². The molecule has 0 saturated heterocycles. The largest absolute Gasteiger partial charge is 0.616 e. The van der Waals surface area contributed by atoms with Crippen molar-refractivity contribution in [3.05, 3.63) is 0 Å². The molecule has 0 aromatic heterocycles. The molecule has 0 aromatic rings. The van der Waals surface area contributed by atoms with Crippen molar-refractivity contribution in [2.24, 2.45) is 0 Å². The molecule has 134 valence electrons. The molecule has 0 bridgehead atoms. The van der Waals surface area contributed by atoms with Gasteiger partial charge in [-0.1, -0.05) is 102 Å². The van der Waals surface area contributed by atoms with Gasteiger partial charge in [0.1, 0.15) is 11.5 Å². The minimum atomic E-state index is -0.787. The third kappa shape index (κ3) is 18.3. The zero-order valence-corrected chi connectivity index (χ0v) is 15.8. The maximum atomic E-state index is 11.3. The minimum absolute atomic E-state index is 0.0609. The van der Waals surface area contributed by atoms with Gasteiger partial charge < -0.3 is 9.66 Å². The Hall–Kier alpha value is 0.270. The summed E-state index contributed by atoms with van der Waals surface area (Å²) in [6.07, 6.45) is 20.4. The minimum Gasteiger partial charge on any atom is -0.616 e. The van der Waals surface area contributed by atoms with E-state index in [1.54, 1.807) is 0 Å². The predicted octanol–water partition coefficient (Wildman–Crippen LogP) is 5.60. The molecule has 22 heavy (non-hydrogen) atoms. The first kappa shape index (κ1) is 22.3. The molecule has 3 heteroatoms. The number of aliphatic hydroxyl groups excluding tert-OH is 1. The van der Waals surface area contributed by atoms with Crippen molar-refractivity contribution in [1.82, 2.24) is 0 Å². The van der Waals surface area contributed by atoms with Crippen molar-refractivity contribution < 1.29 is 9.66 Å². The van der Waals surface area contributed by atoms with Gasteiger partial charge in [-0.05, 0) is 12.8 Å². The molecule has 0 rings (SSSR count). The fourth-order valence-corrected chi connectivity index (χ4v) is 3.77. The van der Waals surface area contributed by atoms with E-state index >= 15 is 0 Å². The molecule has 1 atom stereocenters. The molecule has 0 amide bonds. The summed E-state index contributed by atoms with van der Waals surface area (Å²) < 4.78 is 11.3. The molecular weight excluding hydrogens is 292 g/mol. The van der Waals surface area contributed by atoms with Crippen LogP contribution in [0.25, 0.3) is 0 Å². The topological polar surface area (TPSA) is 43.3 Å². The molecular formula is C19H40O2S. The highest BCUT2D eigenvalue weighted by Gasteiger charge is 2.03. The highest BCUT2D eigenvalue weighted by atomic mass is 32.2. The Kier molecular flexibility index (Phi) is 19.6. The lowest BCUT2D eigenvalue weighted by Gasteiger charge is -2.08. The van der Waals surface area contributed by atoms with E-state index in [0.717, 1.165) is 12.2 Å². The molecule has 0 aromatic carbocycles. The Bertz CT molecular complexity index is 200. The van der Waals surface area contributed by atoms with Gasteiger partial charge in [0.15, 0.2) is 0 Å². The van der Waals surface area contributed by atoms with Crippen LogP contribution >= 0.6 is 0 Å². The average molecular weight is 333 g/mol. The molecule has 0 aliphatic carbocycles. The Labute approximate surface area is 142 Å². The van der Waals surface area contributed by atoms with Crippen molar-refractivity contribution in [1.29, 1.82) is 0 Å². The number of unbranched alkanes of at least 4 members (excludes halogenated alkanes) is 14. The van der Waals surface area contributed by atoms with Crippen LogP contribution in [0.2, 0.25) is 0 Å². The van der Waals surface area contributed by atoms with Crippen LogP contribution in [0.3, 0.4) is 0 Å². The van der Waals surface area contributed by atoms with Gasteiger partial charge in [0.2, 0.25) is 0 Å². The number of hydrogen-bond acceptors (Lipinski definition) is 2. The Balaban J connectivity index is 3.00. The van der Waals surface area contributed by atoms with E-state index in [1.165, 1.54) is 89.9 Å². The van der Waals surface area contributed by atoms with Crippen molar-refractivity contribution in [2.75, 3.05) is 18.1 Å². The van der Waals surface area contributed by atoms with Gasteiger partial charge in [0.25, 0.3) is 0 Å². The normalized spacial score (nSPS) is 12.7. The first-order chi connectivity index (χ1) is 10.8. The standard InChI is InChI=1S/C19H40O2S/c1-2-3-4-5-6-7-8-9-10-11-12-13-14-15-16-18-22(21)19-17-20/h20H,2-19H2,1H3. The molecule has 0 heterocycles. The number of rotatable bonds is 18. The smallest absolute Gasteiger partial charge is 0.128 e. The quantitative estimate of drug-likeness (QED) is 0.262. The summed E-state index contributed by atoms with van der Waals surface area (Å²) in [4.78, 5) is 0. The lowest BCUT2D eigenvalue weighted by molar-refractivity contribution is 0.319. The highest BCUT2D eigenvalue weighted by Crippen LogP contribution is 2.13. The second-order valence-corrected chi connectivity index (χ2v) is 8.22. The van der Waals surface area contributed by atoms with Crippen molar-refractivity contribution in [2.45, 2.75) is 103 Å². The Morgan fingerprint density at radius 2 is 0.955 bits per heavy atom. The fourth-order valence-electron chi connectivity index (χ4n) is 2.84. The first-order valence-corrected chi connectivity index (χ1v) is 11.3. The van der Waals surface area contributed by atoms with Crippen LogP contribution < -0.4 is 0 Å². The van der Waals surface area contributed by atoms with Crippen LogP contribution in [0.15, 0.2) is 0 Å². The summed E-state index contributed by atoms with van der Waals surface area (Å²) in [6, 6.07) is 0. The third-order valence-corrected chi connectivity index (χ3v) is 5.68. The summed E-state index contributed by atoms with van der Waals surface area (Å²) in [6.45, 7) is 2.34. The van der Waals surface area contributed by atoms with Gasteiger partial charge in [0.05, 0.1) is 6.61 Å². The molecule has 1 N–H and O–H groups in total. The second-order valence-electron chi connectivity index (χ2n) is 6.52. The monoisotopic (exact) mass is 332 g/mol. The molecule has 2 nitrogen and oxygen atoms in total. The fraction of sp³-hybridized carbons (Fsp3) is 1.00. The van der Waals surface area contributed by atoms with E-state index in [-0.39, 0.29) is 6.61 Å². The van der Waals surface area contributed by atoms with Crippen LogP contribution in [-0.4, -0.2) is 27.8 Å².